The van der Waals surface area contributed by atoms with Crippen molar-refractivity contribution in [2.45, 2.75) is 45.3 Å². The SMILES string of the molecule is Cc1ccccc1C1CN(C(=O)[C@@H]2CCC[C@@H]2CN)C(C)CO1. The van der Waals surface area contributed by atoms with Gasteiger partial charge in [-0.05, 0) is 50.3 Å². The van der Waals surface area contributed by atoms with Crippen molar-refractivity contribution < 1.29 is 9.53 Å². The molecule has 1 aliphatic carbocycles. The third-order valence-electron chi connectivity index (χ3n) is 5.53. The second-order valence-corrected chi connectivity index (χ2v) is 7.05. The number of rotatable bonds is 3. The first-order valence-corrected chi connectivity index (χ1v) is 8.79. The molecule has 1 aromatic rings. The lowest BCUT2D eigenvalue weighted by molar-refractivity contribution is -0.150. The Bertz CT molecular complexity index is 560. The number of carbonyl (C=O) groups excluding carboxylic acids is 1. The van der Waals surface area contributed by atoms with Crippen molar-refractivity contribution in [3.05, 3.63) is 35.4 Å². The highest BCUT2D eigenvalue weighted by molar-refractivity contribution is 5.80. The average molecular weight is 316 g/mol. The molecule has 126 valence electrons. The van der Waals surface area contributed by atoms with Crippen LogP contribution in [0.2, 0.25) is 0 Å². The summed E-state index contributed by atoms with van der Waals surface area (Å²) >= 11 is 0. The van der Waals surface area contributed by atoms with Crippen LogP contribution < -0.4 is 5.73 Å². The average Bonchev–Trinajstić information content (AvgIpc) is 3.04. The molecule has 23 heavy (non-hydrogen) atoms. The van der Waals surface area contributed by atoms with Crippen LogP contribution in [0.3, 0.4) is 0 Å². The molecule has 1 saturated carbocycles. The van der Waals surface area contributed by atoms with Crippen LogP contribution in [-0.4, -0.2) is 36.5 Å². The first-order chi connectivity index (χ1) is 11.1. The number of nitrogens with zero attached hydrogens (tertiary/aromatic N) is 1. The number of ether oxygens (including phenoxy) is 1. The summed E-state index contributed by atoms with van der Waals surface area (Å²) in [5, 5.41) is 0. The molecule has 4 atom stereocenters. The smallest absolute Gasteiger partial charge is 0.226 e. The van der Waals surface area contributed by atoms with E-state index in [9.17, 15) is 4.79 Å². The van der Waals surface area contributed by atoms with Crippen LogP contribution >= 0.6 is 0 Å². The molecule has 1 heterocycles. The van der Waals surface area contributed by atoms with Gasteiger partial charge in [-0.3, -0.25) is 4.79 Å². The van der Waals surface area contributed by atoms with E-state index in [1.165, 1.54) is 11.1 Å². The maximum Gasteiger partial charge on any atom is 0.226 e. The van der Waals surface area contributed by atoms with Crippen LogP contribution in [0.25, 0.3) is 0 Å². The Morgan fingerprint density at radius 3 is 2.87 bits per heavy atom. The summed E-state index contributed by atoms with van der Waals surface area (Å²) in [6.45, 7) is 6.06. The van der Waals surface area contributed by atoms with Crippen molar-refractivity contribution in [3.8, 4) is 0 Å². The molecule has 2 unspecified atom stereocenters. The van der Waals surface area contributed by atoms with Gasteiger partial charge in [0.15, 0.2) is 0 Å². The van der Waals surface area contributed by atoms with Gasteiger partial charge in [0, 0.05) is 5.92 Å². The minimum absolute atomic E-state index is 0.0194. The highest BCUT2D eigenvalue weighted by Gasteiger charge is 2.39. The van der Waals surface area contributed by atoms with Gasteiger partial charge in [-0.25, -0.2) is 0 Å². The Balaban J connectivity index is 1.76. The molecular formula is C19H28N2O2. The lowest BCUT2D eigenvalue weighted by Gasteiger charge is -2.40. The molecule has 1 aromatic carbocycles. The summed E-state index contributed by atoms with van der Waals surface area (Å²) < 4.78 is 6.03. The van der Waals surface area contributed by atoms with E-state index in [1.807, 2.05) is 17.0 Å². The van der Waals surface area contributed by atoms with E-state index in [0.717, 1.165) is 19.3 Å². The lowest BCUT2D eigenvalue weighted by Crippen LogP contribution is -2.51. The van der Waals surface area contributed by atoms with E-state index in [2.05, 4.69) is 26.0 Å². The fourth-order valence-corrected chi connectivity index (χ4v) is 4.06. The molecule has 1 aliphatic heterocycles. The predicted molar refractivity (Wildman–Crippen MR) is 90.9 cm³/mol. The molecule has 0 spiro atoms. The number of morpholine rings is 1. The number of hydrogen-bond donors (Lipinski definition) is 1. The molecule has 4 nitrogen and oxygen atoms in total. The van der Waals surface area contributed by atoms with E-state index < -0.39 is 0 Å². The minimum atomic E-state index is -0.0194. The third kappa shape index (κ3) is 3.29. The Labute approximate surface area is 139 Å². The van der Waals surface area contributed by atoms with Crippen molar-refractivity contribution in [2.24, 2.45) is 17.6 Å². The Kier molecular flexibility index (Phi) is 5.02. The first kappa shape index (κ1) is 16.5. The molecule has 2 fully saturated rings. The van der Waals surface area contributed by atoms with Gasteiger partial charge in [0.1, 0.15) is 6.10 Å². The monoisotopic (exact) mass is 316 g/mol. The van der Waals surface area contributed by atoms with Gasteiger partial charge in [0.05, 0.1) is 19.2 Å². The molecule has 1 saturated heterocycles. The second kappa shape index (κ2) is 7.02. The largest absolute Gasteiger partial charge is 0.370 e. The van der Waals surface area contributed by atoms with Gasteiger partial charge in [0.25, 0.3) is 0 Å². The number of benzene rings is 1. The predicted octanol–water partition coefficient (Wildman–Crippen LogP) is 2.66. The van der Waals surface area contributed by atoms with Gasteiger partial charge in [-0.15, -0.1) is 0 Å². The van der Waals surface area contributed by atoms with E-state index in [-0.39, 0.29) is 24.0 Å². The zero-order valence-corrected chi connectivity index (χ0v) is 14.2. The fourth-order valence-electron chi connectivity index (χ4n) is 4.06. The second-order valence-electron chi connectivity index (χ2n) is 7.05. The molecule has 2 N–H and O–H groups in total. The van der Waals surface area contributed by atoms with Crippen molar-refractivity contribution in [1.29, 1.82) is 0 Å². The molecule has 2 aliphatic rings. The first-order valence-electron chi connectivity index (χ1n) is 8.79. The van der Waals surface area contributed by atoms with Crippen LogP contribution in [0.4, 0.5) is 0 Å². The van der Waals surface area contributed by atoms with Crippen LogP contribution in [0.15, 0.2) is 24.3 Å². The molecule has 0 radical (unpaired) electrons. The van der Waals surface area contributed by atoms with Gasteiger partial charge >= 0.3 is 0 Å². The molecule has 0 aromatic heterocycles. The van der Waals surface area contributed by atoms with Crippen LogP contribution in [0, 0.1) is 18.8 Å². The van der Waals surface area contributed by atoms with Crippen molar-refractivity contribution in [2.75, 3.05) is 19.7 Å². The molecule has 0 bridgehead atoms. The summed E-state index contributed by atoms with van der Waals surface area (Å²) in [6, 6.07) is 8.43. The van der Waals surface area contributed by atoms with E-state index in [0.29, 0.717) is 25.6 Å². The standard InChI is InChI=1S/C19H28N2O2/c1-13-6-3-4-8-16(13)18-11-21(14(2)12-23-18)19(22)17-9-5-7-15(17)10-20/h3-4,6,8,14-15,17-18H,5,7,9-12,20H2,1-2H3/t14?,15-,17-,18?/m1/s1. The van der Waals surface area contributed by atoms with E-state index in [4.69, 9.17) is 10.5 Å². The Morgan fingerprint density at radius 2 is 2.13 bits per heavy atom. The summed E-state index contributed by atoms with van der Waals surface area (Å²) in [4.78, 5) is 15.1. The van der Waals surface area contributed by atoms with Gasteiger partial charge in [-0.2, -0.15) is 0 Å². The van der Waals surface area contributed by atoms with Crippen molar-refractivity contribution in [1.82, 2.24) is 4.90 Å². The highest BCUT2D eigenvalue weighted by atomic mass is 16.5. The maximum atomic E-state index is 13.1. The zero-order valence-electron chi connectivity index (χ0n) is 14.2. The van der Waals surface area contributed by atoms with Crippen molar-refractivity contribution in [3.63, 3.8) is 0 Å². The number of amides is 1. The number of nitrogens with two attached hydrogens (primary N) is 1. The molecule has 4 heteroatoms. The maximum absolute atomic E-state index is 13.1. The summed E-state index contributed by atoms with van der Waals surface area (Å²) in [5.74, 6) is 0.750. The quantitative estimate of drug-likeness (QED) is 0.933. The number of aryl methyl sites for hydroxylation is 1. The van der Waals surface area contributed by atoms with Gasteiger partial charge < -0.3 is 15.4 Å². The molecule has 3 rings (SSSR count). The van der Waals surface area contributed by atoms with Gasteiger partial charge in [0.2, 0.25) is 5.91 Å². The van der Waals surface area contributed by atoms with E-state index >= 15 is 0 Å². The lowest BCUT2D eigenvalue weighted by atomic mass is 9.93. The van der Waals surface area contributed by atoms with Crippen molar-refractivity contribution >= 4 is 5.91 Å². The Morgan fingerprint density at radius 1 is 1.35 bits per heavy atom. The third-order valence-corrected chi connectivity index (χ3v) is 5.53. The number of carbonyl (C=O) groups is 1. The van der Waals surface area contributed by atoms with Crippen LogP contribution in [0.1, 0.15) is 43.4 Å². The number of hydrogen-bond acceptors (Lipinski definition) is 3. The summed E-state index contributed by atoms with van der Waals surface area (Å²) in [6.07, 6.45) is 3.18. The van der Waals surface area contributed by atoms with E-state index in [1.54, 1.807) is 0 Å². The molecular weight excluding hydrogens is 288 g/mol. The topological polar surface area (TPSA) is 55.6 Å². The van der Waals surface area contributed by atoms with Crippen LogP contribution in [-0.2, 0) is 9.53 Å². The zero-order chi connectivity index (χ0) is 16.4. The Hall–Kier alpha value is -1.39. The fraction of sp³-hybridized carbons (Fsp3) is 0.632. The highest BCUT2D eigenvalue weighted by Crippen LogP contribution is 2.35. The van der Waals surface area contributed by atoms with Crippen LogP contribution in [0.5, 0.6) is 0 Å². The summed E-state index contributed by atoms with van der Waals surface area (Å²) in [5.41, 5.74) is 8.28. The van der Waals surface area contributed by atoms with Gasteiger partial charge in [-0.1, -0.05) is 30.7 Å². The normalized spacial score (nSPS) is 31.3. The molecule has 1 amide bonds. The summed E-state index contributed by atoms with van der Waals surface area (Å²) in [7, 11) is 0. The minimum Gasteiger partial charge on any atom is -0.370 e.